The van der Waals surface area contributed by atoms with Crippen LogP contribution in [0.1, 0.15) is 37.7 Å². The second kappa shape index (κ2) is 11.1. The maximum atomic E-state index is 12.6. The molecule has 3 N–H and O–H groups in total. The van der Waals surface area contributed by atoms with E-state index in [9.17, 15) is 4.79 Å². The highest BCUT2D eigenvalue weighted by molar-refractivity contribution is 6.31. The lowest BCUT2D eigenvalue weighted by Gasteiger charge is -2.28. The molecule has 1 amide bonds. The van der Waals surface area contributed by atoms with E-state index < -0.39 is 0 Å². The maximum Gasteiger partial charge on any atom is 0.224 e. The van der Waals surface area contributed by atoms with Crippen LogP contribution in [-0.4, -0.2) is 18.0 Å². The Labute approximate surface area is 190 Å². The summed E-state index contributed by atoms with van der Waals surface area (Å²) in [6, 6.07) is 17.0. The van der Waals surface area contributed by atoms with Crippen LogP contribution in [0, 0.1) is 5.92 Å². The predicted molar refractivity (Wildman–Crippen MR) is 126 cm³/mol. The van der Waals surface area contributed by atoms with Gasteiger partial charge in [-0.2, -0.15) is 0 Å². The number of carbonyl (C=O) groups is 1. The van der Waals surface area contributed by atoms with Crippen molar-refractivity contribution in [1.29, 1.82) is 0 Å². The van der Waals surface area contributed by atoms with Crippen molar-refractivity contribution < 1.29 is 4.79 Å². The molecule has 7 heteroatoms. The van der Waals surface area contributed by atoms with Crippen LogP contribution in [0.15, 0.2) is 48.5 Å². The Hall–Kier alpha value is -1.46. The Morgan fingerprint density at radius 3 is 2.38 bits per heavy atom. The standard InChI is InChI=1S/C22H26ClN3O.2ClH/c23-17-6-9-20(24-14-15-4-2-1-3-5-15)21(13-17)26-22(27)12-16-10-18-7-8-19(11-16)25-18;;/h1-6,9,13,16,18-19,24-25H,7-8,10-12,14H2,(H,26,27);2*1H. The second-order valence-electron chi connectivity index (χ2n) is 7.76. The number of halogens is 3. The molecular weight excluding hydrogens is 429 g/mol. The summed E-state index contributed by atoms with van der Waals surface area (Å²) in [6.45, 7) is 0.697. The summed E-state index contributed by atoms with van der Waals surface area (Å²) < 4.78 is 0. The smallest absolute Gasteiger partial charge is 0.224 e. The van der Waals surface area contributed by atoms with Gasteiger partial charge >= 0.3 is 0 Å². The number of carbonyl (C=O) groups excluding carboxylic acids is 1. The molecule has 2 unspecified atom stereocenters. The number of rotatable bonds is 6. The normalized spacial score (nSPS) is 22.2. The summed E-state index contributed by atoms with van der Waals surface area (Å²) in [5.41, 5.74) is 2.83. The first-order valence-electron chi connectivity index (χ1n) is 9.79. The van der Waals surface area contributed by atoms with Gasteiger partial charge in [0, 0.05) is 30.1 Å². The van der Waals surface area contributed by atoms with Crippen molar-refractivity contribution in [1.82, 2.24) is 5.32 Å². The molecule has 2 aliphatic rings. The van der Waals surface area contributed by atoms with E-state index in [1.807, 2.05) is 36.4 Å². The lowest BCUT2D eigenvalue weighted by atomic mass is 9.89. The van der Waals surface area contributed by atoms with Crippen LogP contribution in [0.25, 0.3) is 0 Å². The summed E-state index contributed by atoms with van der Waals surface area (Å²) in [5, 5.41) is 10.7. The van der Waals surface area contributed by atoms with E-state index in [4.69, 9.17) is 11.6 Å². The zero-order valence-corrected chi connectivity index (χ0v) is 18.6. The monoisotopic (exact) mass is 455 g/mol. The molecule has 4 nitrogen and oxygen atoms in total. The van der Waals surface area contributed by atoms with E-state index in [2.05, 4.69) is 28.1 Å². The fourth-order valence-corrected chi connectivity index (χ4v) is 4.54. The highest BCUT2D eigenvalue weighted by Crippen LogP contribution is 2.33. The quantitative estimate of drug-likeness (QED) is 0.526. The van der Waals surface area contributed by atoms with E-state index in [0.717, 1.165) is 24.2 Å². The highest BCUT2D eigenvalue weighted by atomic mass is 35.5. The van der Waals surface area contributed by atoms with Crippen LogP contribution in [0.2, 0.25) is 5.02 Å². The third kappa shape index (κ3) is 6.51. The zero-order chi connectivity index (χ0) is 18.6. The van der Waals surface area contributed by atoms with Crippen molar-refractivity contribution in [2.24, 2.45) is 5.92 Å². The van der Waals surface area contributed by atoms with Gasteiger partial charge in [0.2, 0.25) is 5.91 Å². The molecule has 2 aromatic rings. The van der Waals surface area contributed by atoms with E-state index in [1.165, 1.54) is 18.4 Å². The first kappa shape index (κ1) is 23.8. The molecule has 29 heavy (non-hydrogen) atoms. The topological polar surface area (TPSA) is 53.2 Å². The van der Waals surface area contributed by atoms with E-state index in [1.54, 1.807) is 0 Å². The van der Waals surface area contributed by atoms with Gasteiger partial charge in [-0.25, -0.2) is 0 Å². The van der Waals surface area contributed by atoms with Crippen LogP contribution in [0.4, 0.5) is 11.4 Å². The fraction of sp³-hybridized carbons (Fsp3) is 0.409. The van der Waals surface area contributed by atoms with Gasteiger partial charge in [-0.1, -0.05) is 41.9 Å². The highest BCUT2D eigenvalue weighted by Gasteiger charge is 2.34. The number of hydrogen-bond acceptors (Lipinski definition) is 3. The van der Waals surface area contributed by atoms with E-state index in [-0.39, 0.29) is 30.7 Å². The van der Waals surface area contributed by atoms with Crippen molar-refractivity contribution in [3.05, 3.63) is 59.1 Å². The van der Waals surface area contributed by atoms with Crippen molar-refractivity contribution in [3.63, 3.8) is 0 Å². The number of nitrogens with one attached hydrogen (secondary N) is 3. The van der Waals surface area contributed by atoms with E-state index >= 15 is 0 Å². The Kier molecular flexibility index (Phi) is 9.09. The Morgan fingerprint density at radius 1 is 1.00 bits per heavy atom. The molecule has 2 aliphatic heterocycles. The number of piperidine rings is 1. The molecule has 158 valence electrons. The summed E-state index contributed by atoms with van der Waals surface area (Å²) in [6.07, 6.45) is 5.31. The average molecular weight is 457 g/mol. The minimum atomic E-state index is 0. The Balaban J connectivity index is 0.00000150. The van der Waals surface area contributed by atoms with Gasteiger partial charge in [0.25, 0.3) is 0 Å². The molecule has 0 spiro atoms. The molecule has 2 atom stereocenters. The van der Waals surface area contributed by atoms with Crippen molar-refractivity contribution in [2.75, 3.05) is 10.6 Å². The molecule has 0 aromatic heterocycles. The first-order valence-corrected chi connectivity index (χ1v) is 10.2. The third-order valence-corrected chi connectivity index (χ3v) is 5.86. The SMILES string of the molecule is Cl.Cl.O=C(CC1CC2CCC(C1)N2)Nc1cc(Cl)ccc1NCc1ccccc1. The van der Waals surface area contributed by atoms with Gasteiger partial charge in [0.1, 0.15) is 0 Å². The average Bonchev–Trinajstić information content (AvgIpc) is 3.00. The molecular formula is C22H28Cl3N3O. The maximum absolute atomic E-state index is 12.6. The molecule has 2 aromatic carbocycles. The van der Waals surface area contributed by atoms with Gasteiger partial charge in [0.15, 0.2) is 0 Å². The lowest BCUT2D eigenvalue weighted by Crippen LogP contribution is -2.39. The molecule has 2 bridgehead atoms. The molecule has 0 saturated carbocycles. The van der Waals surface area contributed by atoms with E-state index in [0.29, 0.717) is 36.0 Å². The van der Waals surface area contributed by atoms with Crippen LogP contribution >= 0.6 is 36.4 Å². The van der Waals surface area contributed by atoms with Gasteiger partial charge in [-0.15, -0.1) is 24.8 Å². The van der Waals surface area contributed by atoms with Crippen LogP contribution in [-0.2, 0) is 11.3 Å². The number of amides is 1. The summed E-state index contributed by atoms with van der Waals surface area (Å²) >= 11 is 6.17. The van der Waals surface area contributed by atoms with Gasteiger partial charge in [0.05, 0.1) is 11.4 Å². The number of fused-ring (bicyclic) bond motifs is 2. The molecule has 2 saturated heterocycles. The van der Waals surface area contributed by atoms with Crippen molar-refractivity contribution in [3.8, 4) is 0 Å². The van der Waals surface area contributed by atoms with Crippen molar-refractivity contribution in [2.45, 2.75) is 50.7 Å². The van der Waals surface area contributed by atoms with Gasteiger partial charge in [-0.05, 0) is 55.4 Å². The Morgan fingerprint density at radius 2 is 1.69 bits per heavy atom. The van der Waals surface area contributed by atoms with Crippen LogP contribution in [0.3, 0.4) is 0 Å². The predicted octanol–water partition coefficient (Wildman–Crippen LogP) is 5.65. The van der Waals surface area contributed by atoms with Gasteiger partial charge in [-0.3, -0.25) is 4.79 Å². The fourth-order valence-electron chi connectivity index (χ4n) is 4.37. The van der Waals surface area contributed by atoms with Crippen LogP contribution < -0.4 is 16.0 Å². The Bertz CT molecular complexity index is 791. The molecule has 4 rings (SSSR count). The zero-order valence-electron chi connectivity index (χ0n) is 16.2. The number of hydrogen-bond donors (Lipinski definition) is 3. The summed E-state index contributed by atoms with van der Waals surface area (Å²) in [4.78, 5) is 12.6. The molecule has 0 radical (unpaired) electrons. The lowest BCUT2D eigenvalue weighted by molar-refractivity contribution is -0.117. The van der Waals surface area contributed by atoms with Crippen LogP contribution in [0.5, 0.6) is 0 Å². The summed E-state index contributed by atoms with van der Waals surface area (Å²) in [5.74, 6) is 0.551. The number of anilines is 2. The molecule has 0 aliphatic carbocycles. The minimum Gasteiger partial charge on any atom is -0.379 e. The third-order valence-electron chi connectivity index (χ3n) is 5.63. The second-order valence-corrected chi connectivity index (χ2v) is 8.19. The number of benzene rings is 2. The van der Waals surface area contributed by atoms with Gasteiger partial charge < -0.3 is 16.0 Å². The molecule has 2 fully saturated rings. The first-order chi connectivity index (χ1) is 13.2. The minimum absolute atomic E-state index is 0. The van der Waals surface area contributed by atoms with Crippen molar-refractivity contribution >= 4 is 53.7 Å². The largest absolute Gasteiger partial charge is 0.379 e. The molecule has 2 heterocycles. The summed E-state index contributed by atoms with van der Waals surface area (Å²) in [7, 11) is 0.